The van der Waals surface area contributed by atoms with Crippen LogP contribution >= 0.6 is 11.6 Å². The normalized spacial score (nSPS) is 28.5. The van der Waals surface area contributed by atoms with Crippen molar-refractivity contribution in [1.29, 1.82) is 0 Å². The number of alkyl halides is 1. The highest BCUT2D eigenvalue weighted by Crippen LogP contribution is 2.44. The number of hydrogen-bond acceptors (Lipinski definition) is 0. The van der Waals surface area contributed by atoms with E-state index in [0.717, 1.165) is 12.0 Å². The first-order valence-corrected chi connectivity index (χ1v) is 4.10. The molecule has 1 saturated carbocycles. The van der Waals surface area contributed by atoms with Gasteiger partial charge in [-0.05, 0) is 24.1 Å². The predicted molar refractivity (Wildman–Crippen MR) is 43.4 cm³/mol. The Morgan fingerprint density at radius 1 is 1.27 bits per heavy atom. The minimum Gasteiger partial charge on any atom is -0.207 e. The van der Waals surface area contributed by atoms with E-state index in [2.05, 4.69) is 0 Å². The lowest BCUT2D eigenvalue weighted by Gasteiger charge is -1.95. The van der Waals surface area contributed by atoms with E-state index in [0.29, 0.717) is 5.92 Å². The van der Waals surface area contributed by atoms with Crippen LogP contribution in [0.15, 0.2) is 24.3 Å². The van der Waals surface area contributed by atoms with Crippen molar-refractivity contribution in [2.45, 2.75) is 17.7 Å². The molecule has 1 aromatic carbocycles. The van der Waals surface area contributed by atoms with Gasteiger partial charge in [0.15, 0.2) is 0 Å². The lowest BCUT2D eigenvalue weighted by atomic mass is 10.1. The summed E-state index contributed by atoms with van der Waals surface area (Å²) in [5.41, 5.74) is 1.16. The van der Waals surface area contributed by atoms with Crippen LogP contribution in [0, 0.1) is 5.82 Å². The fourth-order valence-electron chi connectivity index (χ4n) is 1.22. The lowest BCUT2D eigenvalue weighted by Crippen LogP contribution is -1.81. The van der Waals surface area contributed by atoms with Gasteiger partial charge in [0.2, 0.25) is 0 Å². The van der Waals surface area contributed by atoms with Crippen molar-refractivity contribution in [2.24, 2.45) is 0 Å². The average Bonchev–Trinajstić information content (AvgIpc) is 2.69. The molecule has 0 amide bonds. The summed E-state index contributed by atoms with van der Waals surface area (Å²) >= 11 is 5.83. The van der Waals surface area contributed by atoms with Crippen molar-refractivity contribution in [1.82, 2.24) is 0 Å². The van der Waals surface area contributed by atoms with Gasteiger partial charge >= 0.3 is 0 Å². The standard InChI is InChI=1S/C9H8ClF/c10-9-5-8(9)6-1-3-7(11)4-2-6/h1-4,8-9H,5H2/t8?,9-/m0/s1. The summed E-state index contributed by atoms with van der Waals surface area (Å²) in [5, 5.41) is 0.278. The largest absolute Gasteiger partial charge is 0.207 e. The van der Waals surface area contributed by atoms with Crippen molar-refractivity contribution in [2.75, 3.05) is 0 Å². The summed E-state index contributed by atoms with van der Waals surface area (Å²) in [6.07, 6.45) is 1.03. The number of hydrogen-bond donors (Lipinski definition) is 0. The zero-order valence-corrected chi connectivity index (χ0v) is 6.68. The molecule has 58 valence electrons. The van der Waals surface area contributed by atoms with Crippen molar-refractivity contribution in [3.8, 4) is 0 Å². The molecule has 0 radical (unpaired) electrons. The maximum Gasteiger partial charge on any atom is 0.123 e. The van der Waals surface area contributed by atoms with Gasteiger partial charge in [-0.1, -0.05) is 12.1 Å². The van der Waals surface area contributed by atoms with Crippen LogP contribution in [0.2, 0.25) is 0 Å². The van der Waals surface area contributed by atoms with Gasteiger partial charge in [-0.3, -0.25) is 0 Å². The highest BCUT2D eigenvalue weighted by Gasteiger charge is 2.36. The second-order valence-electron chi connectivity index (χ2n) is 2.91. The highest BCUT2D eigenvalue weighted by atomic mass is 35.5. The first-order valence-electron chi connectivity index (χ1n) is 3.67. The van der Waals surface area contributed by atoms with Crippen molar-refractivity contribution < 1.29 is 4.39 Å². The Balaban J connectivity index is 2.21. The molecule has 0 heterocycles. The third-order valence-electron chi connectivity index (χ3n) is 2.01. The molecular weight excluding hydrogens is 163 g/mol. The van der Waals surface area contributed by atoms with Crippen LogP contribution in [0.5, 0.6) is 0 Å². The predicted octanol–water partition coefficient (Wildman–Crippen LogP) is 2.92. The van der Waals surface area contributed by atoms with Crippen molar-refractivity contribution >= 4 is 11.6 Å². The molecule has 2 atom stereocenters. The molecule has 11 heavy (non-hydrogen) atoms. The van der Waals surface area contributed by atoms with Gasteiger partial charge < -0.3 is 0 Å². The summed E-state index contributed by atoms with van der Waals surface area (Å²) in [5.74, 6) is 0.290. The zero-order valence-electron chi connectivity index (χ0n) is 5.93. The van der Waals surface area contributed by atoms with E-state index in [9.17, 15) is 4.39 Å². The van der Waals surface area contributed by atoms with Gasteiger partial charge in [0.1, 0.15) is 5.82 Å². The molecule has 1 aliphatic carbocycles. The van der Waals surface area contributed by atoms with Gasteiger partial charge in [-0.15, -0.1) is 11.6 Å². The number of benzene rings is 1. The fourth-order valence-corrected chi connectivity index (χ4v) is 1.56. The molecule has 1 aliphatic rings. The third-order valence-corrected chi connectivity index (χ3v) is 2.49. The number of halogens is 2. The molecule has 1 aromatic rings. The van der Waals surface area contributed by atoms with Crippen molar-refractivity contribution in [3.05, 3.63) is 35.6 Å². The van der Waals surface area contributed by atoms with Crippen LogP contribution in [-0.2, 0) is 0 Å². The Kier molecular flexibility index (Phi) is 1.61. The van der Waals surface area contributed by atoms with Crippen molar-refractivity contribution in [3.63, 3.8) is 0 Å². The molecule has 0 aromatic heterocycles. The second kappa shape index (κ2) is 2.49. The molecule has 0 saturated heterocycles. The van der Waals surface area contributed by atoms with Gasteiger partial charge in [-0.25, -0.2) is 4.39 Å². The minimum absolute atomic E-state index is 0.180. The Labute approximate surface area is 70.0 Å². The smallest absolute Gasteiger partial charge is 0.123 e. The highest BCUT2D eigenvalue weighted by molar-refractivity contribution is 6.23. The van der Waals surface area contributed by atoms with Crippen LogP contribution < -0.4 is 0 Å². The average molecular weight is 171 g/mol. The summed E-state index contributed by atoms with van der Waals surface area (Å²) in [7, 11) is 0. The topological polar surface area (TPSA) is 0 Å². The quantitative estimate of drug-likeness (QED) is 0.569. The first-order chi connectivity index (χ1) is 5.27. The van der Waals surface area contributed by atoms with E-state index in [-0.39, 0.29) is 11.2 Å². The fraction of sp³-hybridized carbons (Fsp3) is 0.333. The maximum atomic E-state index is 12.4. The van der Waals surface area contributed by atoms with E-state index >= 15 is 0 Å². The molecule has 0 spiro atoms. The van der Waals surface area contributed by atoms with E-state index in [1.807, 2.05) is 12.1 Å². The zero-order chi connectivity index (χ0) is 7.84. The molecular formula is C9H8ClF. The van der Waals surface area contributed by atoms with E-state index in [1.165, 1.54) is 12.1 Å². The van der Waals surface area contributed by atoms with E-state index in [1.54, 1.807) is 0 Å². The Bertz CT molecular complexity index is 255. The van der Waals surface area contributed by atoms with Crippen LogP contribution in [0.25, 0.3) is 0 Å². The summed E-state index contributed by atoms with van der Waals surface area (Å²) < 4.78 is 12.4. The third kappa shape index (κ3) is 1.38. The lowest BCUT2D eigenvalue weighted by molar-refractivity contribution is 0.627. The Hall–Kier alpha value is -0.560. The molecule has 0 nitrogen and oxygen atoms in total. The molecule has 0 N–H and O–H groups in total. The maximum absolute atomic E-state index is 12.4. The van der Waals surface area contributed by atoms with Crippen LogP contribution in [0.3, 0.4) is 0 Å². The molecule has 1 fully saturated rings. The van der Waals surface area contributed by atoms with Gasteiger partial charge in [0.25, 0.3) is 0 Å². The van der Waals surface area contributed by atoms with Gasteiger partial charge in [0, 0.05) is 11.3 Å². The molecule has 0 bridgehead atoms. The van der Waals surface area contributed by atoms with Crippen LogP contribution in [0.4, 0.5) is 4.39 Å². The first kappa shape index (κ1) is 7.11. The summed E-state index contributed by atoms with van der Waals surface area (Å²) in [6.45, 7) is 0. The number of rotatable bonds is 1. The molecule has 2 rings (SSSR count). The van der Waals surface area contributed by atoms with Crippen LogP contribution in [0.1, 0.15) is 17.9 Å². The summed E-state index contributed by atoms with van der Waals surface area (Å²) in [6, 6.07) is 6.58. The molecule has 1 unspecified atom stereocenters. The van der Waals surface area contributed by atoms with Gasteiger partial charge in [-0.2, -0.15) is 0 Å². The molecule has 2 heteroatoms. The van der Waals surface area contributed by atoms with E-state index in [4.69, 9.17) is 11.6 Å². The second-order valence-corrected chi connectivity index (χ2v) is 3.47. The molecule has 0 aliphatic heterocycles. The summed E-state index contributed by atoms with van der Waals surface area (Å²) in [4.78, 5) is 0. The van der Waals surface area contributed by atoms with Crippen LogP contribution in [-0.4, -0.2) is 5.38 Å². The monoisotopic (exact) mass is 170 g/mol. The van der Waals surface area contributed by atoms with E-state index < -0.39 is 0 Å². The Morgan fingerprint density at radius 2 is 1.82 bits per heavy atom. The minimum atomic E-state index is -0.180. The Morgan fingerprint density at radius 3 is 2.27 bits per heavy atom. The SMILES string of the molecule is Fc1ccc(C2C[C@@H]2Cl)cc1. The van der Waals surface area contributed by atoms with Gasteiger partial charge in [0.05, 0.1) is 0 Å².